The van der Waals surface area contributed by atoms with Crippen LogP contribution in [0.2, 0.25) is 5.02 Å². The summed E-state index contributed by atoms with van der Waals surface area (Å²) in [5.74, 6) is -0.527. The highest BCUT2D eigenvalue weighted by atomic mass is 35.5. The number of carbonyl (C=O) groups is 2. The largest absolute Gasteiger partial charge is 0.350 e. The lowest BCUT2D eigenvalue weighted by Gasteiger charge is -2.16. The van der Waals surface area contributed by atoms with Crippen LogP contribution in [0.1, 0.15) is 50.0 Å². The second kappa shape index (κ2) is 8.26. The number of carbonyl (C=O) groups excluding carboxylic acids is 2. The SMILES string of the molecule is CC(C)NC(=O)c1ccc(Cl)cc1NC(=O)C(C)Sc1nnnn1C1CC1. The van der Waals surface area contributed by atoms with Gasteiger partial charge >= 0.3 is 0 Å². The molecule has 1 atom stereocenters. The Bertz CT molecular complexity index is 852. The molecule has 1 unspecified atom stereocenters. The zero-order valence-corrected chi connectivity index (χ0v) is 16.8. The summed E-state index contributed by atoms with van der Waals surface area (Å²) in [5.41, 5.74) is 0.737. The van der Waals surface area contributed by atoms with Crippen LogP contribution < -0.4 is 10.6 Å². The van der Waals surface area contributed by atoms with Gasteiger partial charge in [0.25, 0.3) is 5.91 Å². The van der Waals surface area contributed by atoms with E-state index < -0.39 is 5.25 Å². The fourth-order valence-electron chi connectivity index (χ4n) is 2.42. The summed E-state index contributed by atoms with van der Waals surface area (Å²) in [5, 5.41) is 17.9. The predicted octanol–water partition coefficient (Wildman–Crippen LogP) is 2.92. The number of hydrogen-bond donors (Lipinski definition) is 2. The van der Waals surface area contributed by atoms with Crippen molar-refractivity contribution in [3.63, 3.8) is 0 Å². The Morgan fingerprint density at radius 2 is 2.04 bits per heavy atom. The average Bonchev–Trinajstić information content (AvgIpc) is 3.33. The van der Waals surface area contributed by atoms with Gasteiger partial charge in [-0.2, -0.15) is 0 Å². The molecule has 1 heterocycles. The van der Waals surface area contributed by atoms with Gasteiger partial charge in [0.1, 0.15) is 0 Å². The van der Waals surface area contributed by atoms with E-state index in [1.807, 2.05) is 13.8 Å². The maximum absolute atomic E-state index is 12.7. The first kappa shape index (κ1) is 19.6. The minimum absolute atomic E-state index is 0.0208. The van der Waals surface area contributed by atoms with E-state index in [1.165, 1.54) is 11.8 Å². The molecule has 2 amide bonds. The zero-order valence-electron chi connectivity index (χ0n) is 15.3. The number of anilines is 1. The summed E-state index contributed by atoms with van der Waals surface area (Å²) >= 11 is 7.33. The maximum Gasteiger partial charge on any atom is 0.253 e. The molecule has 8 nitrogen and oxygen atoms in total. The van der Waals surface area contributed by atoms with Gasteiger partial charge in [0, 0.05) is 11.1 Å². The molecule has 10 heteroatoms. The van der Waals surface area contributed by atoms with Crippen LogP contribution in [0.5, 0.6) is 0 Å². The normalized spacial score (nSPS) is 14.9. The fourth-order valence-corrected chi connectivity index (χ4v) is 3.45. The molecule has 1 aliphatic rings. The molecule has 1 aromatic heterocycles. The van der Waals surface area contributed by atoms with Gasteiger partial charge in [-0.1, -0.05) is 23.4 Å². The number of nitrogens with one attached hydrogen (secondary N) is 2. The van der Waals surface area contributed by atoms with Crippen molar-refractivity contribution in [2.45, 2.75) is 56.1 Å². The van der Waals surface area contributed by atoms with Crippen molar-refractivity contribution < 1.29 is 9.59 Å². The lowest BCUT2D eigenvalue weighted by molar-refractivity contribution is -0.115. The molecule has 27 heavy (non-hydrogen) atoms. The first-order chi connectivity index (χ1) is 12.8. The third kappa shape index (κ3) is 4.98. The molecular formula is C17H21ClN6O2S. The summed E-state index contributed by atoms with van der Waals surface area (Å²) in [6.45, 7) is 5.51. The first-order valence-corrected chi connectivity index (χ1v) is 9.96. The van der Waals surface area contributed by atoms with Crippen LogP contribution in [0, 0.1) is 0 Å². The number of hydrogen-bond acceptors (Lipinski definition) is 6. The summed E-state index contributed by atoms with van der Waals surface area (Å²) < 4.78 is 1.76. The Morgan fingerprint density at radius 3 is 2.70 bits per heavy atom. The average molecular weight is 409 g/mol. The second-order valence-corrected chi connectivity index (χ2v) is 8.45. The Labute approximate surface area is 166 Å². The van der Waals surface area contributed by atoms with Crippen LogP contribution in [-0.4, -0.2) is 43.3 Å². The van der Waals surface area contributed by atoms with Crippen molar-refractivity contribution in [3.05, 3.63) is 28.8 Å². The van der Waals surface area contributed by atoms with E-state index in [9.17, 15) is 9.59 Å². The van der Waals surface area contributed by atoms with Crippen molar-refractivity contribution in [2.75, 3.05) is 5.32 Å². The van der Waals surface area contributed by atoms with E-state index in [2.05, 4.69) is 26.2 Å². The molecule has 0 aliphatic heterocycles. The van der Waals surface area contributed by atoms with E-state index in [0.717, 1.165) is 12.8 Å². The van der Waals surface area contributed by atoms with Crippen molar-refractivity contribution in [1.29, 1.82) is 0 Å². The zero-order chi connectivity index (χ0) is 19.6. The highest BCUT2D eigenvalue weighted by Gasteiger charge is 2.29. The molecule has 1 fully saturated rings. The molecular weight excluding hydrogens is 388 g/mol. The van der Waals surface area contributed by atoms with Crippen molar-refractivity contribution in [3.8, 4) is 0 Å². The number of tetrazole rings is 1. The molecule has 3 rings (SSSR count). The smallest absolute Gasteiger partial charge is 0.253 e. The minimum atomic E-state index is -0.450. The third-order valence-electron chi connectivity index (χ3n) is 3.91. The van der Waals surface area contributed by atoms with Gasteiger partial charge in [0.2, 0.25) is 11.1 Å². The molecule has 1 aliphatic carbocycles. The second-order valence-electron chi connectivity index (χ2n) is 6.70. The van der Waals surface area contributed by atoms with Crippen LogP contribution in [0.3, 0.4) is 0 Å². The Kier molecular flexibility index (Phi) is 6.01. The van der Waals surface area contributed by atoms with E-state index in [4.69, 9.17) is 11.6 Å². The van der Waals surface area contributed by atoms with Crippen LogP contribution in [0.25, 0.3) is 0 Å². The van der Waals surface area contributed by atoms with Crippen LogP contribution in [-0.2, 0) is 4.79 Å². The van der Waals surface area contributed by atoms with Crippen molar-refractivity contribution in [2.24, 2.45) is 0 Å². The molecule has 0 bridgehead atoms. The van der Waals surface area contributed by atoms with Crippen molar-refractivity contribution >= 4 is 40.9 Å². The number of amides is 2. The summed E-state index contributed by atoms with van der Waals surface area (Å²) in [6.07, 6.45) is 2.10. The van der Waals surface area contributed by atoms with Gasteiger partial charge < -0.3 is 10.6 Å². The topological polar surface area (TPSA) is 102 Å². The van der Waals surface area contributed by atoms with E-state index in [1.54, 1.807) is 29.8 Å². The summed E-state index contributed by atoms with van der Waals surface area (Å²) in [7, 11) is 0. The van der Waals surface area contributed by atoms with E-state index in [-0.39, 0.29) is 17.9 Å². The molecule has 0 spiro atoms. The fraction of sp³-hybridized carbons (Fsp3) is 0.471. The number of aromatic nitrogens is 4. The summed E-state index contributed by atoms with van der Waals surface area (Å²) in [6, 6.07) is 5.10. The van der Waals surface area contributed by atoms with Gasteiger partial charge in [0.15, 0.2) is 0 Å². The van der Waals surface area contributed by atoms with Gasteiger partial charge in [-0.25, -0.2) is 4.68 Å². The number of rotatable bonds is 7. The highest BCUT2D eigenvalue weighted by Crippen LogP contribution is 2.37. The Balaban J connectivity index is 1.71. The molecule has 1 saturated carbocycles. The van der Waals surface area contributed by atoms with Gasteiger partial charge in [-0.3, -0.25) is 9.59 Å². The van der Waals surface area contributed by atoms with E-state index in [0.29, 0.717) is 27.5 Å². The molecule has 144 valence electrons. The number of thioether (sulfide) groups is 1. The van der Waals surface area contributed by atoms with Gasteiger partial charge in [-0.15, -0.1) is 5.10 Å². The summed E-state index contributed by atoms with van der Waals surface area (Å²) in [4.78, 5) is 25.0. The standard InChI is InChI=1S/C17H21ClN6O2S/c1-9(2)19-16(26)13-7-4-11(18)8-14(13)20-15(25)10(3)27-17-21-22-23-24(17)12-5-6-12/h4,7-10,12H,5-6H2,1-3H3,(H,19,26)(H,20,25). The number of nitrogens with zero attached hydrogens (tertiary/aromatic N) is 4. The molecule has 2 aromatic rings. The van der Waals surface area contributed by atoms with Crippen LogP contribution in [0.4, 0.5) is 5.69 Å². The van der Waals surface area contributed by atoms with Crippen LogP contribution >= 0.6 is 23.4 Å². The first-order valence-electron chi connectivity index (χ1n) is 8.71. The Hall–Kier alpha value is -2.13. The van der Waals surface area contributed by atoms with E-state index >= 15 is 0 Å². The molecule has 0 radical (unpaired) electrons. The highest BCUT2D eigenvalue weighted by molar-refractivity contribution is 8.00. The van der Waals surface area contributed by atoms with Crippen LogP contribution in [0.15, 0.2) is 23.4 Å². The third-order valence-corrected chi connectivity index (χ3v) is 5.19. The monoisotopic (exact) mass is 408 g/mol. The number of benzene rings is 1. The maximum atomic E-state index is 12.7. The Morgan fingerprint density at radius 1 is 1.30 bits per heavy atom. The molecule has 2 N–H and O–H groups in total. The quantitative estimate of drug-likeness (QED) is 0.683. The lowest BCUT2D eigenvalue weighted by Crippen LogP contribution is -2.31. The minimum Gasteiger partial charge on any atom is -0.350 e. The van der Waals surface area contributed by atoms with Gasteiger partial charge in [-0.05, 0) is 62.2 Å². The predicted molar refractivity (Wildman–Crippen MR) is 104 cm³/mol. The molecule has 0 saturated heterocycles. The van der Waals surface area contributed by atoms with Crippen molar-refractivity contribution in [1.82, 2.24) is 25.5 Å². The molecule has 1 aromatic carbocycles. The van der Waals surface area contributed by atoms with Gasteiger partial charge in [0.05, 0.1) is 22.5 Å². The lowest BCUT2D eigenvalue weighted by atomic mass is 10.1. The number of halogens is 1.